The van der Waals surface area contributed by atoms with Crippen LogP contribution >= 0.6 is 11.6 Å². The van der Waals surface area contributed by atoms with Crippen LogP contribution in [0, 0.1) is 23.7 Å². The molecule has 0 bridgehead atoms. The van der Waals surface area contributed by atoms with Crippen molar-refractivity contribution in [2.75, 3.05) is 6.67 Å². The molecule has 2 aromatic rings. The lowest BCUT2D eigenvalue weighted by Crippen LogP contribution is -2.56. The molecule has 3 N–H and O–H groups in total. The number of amides is 3. The molecule has 2 unspecified atom stereocenters. The molecule has 2 saturated heterocycles. The summed E-state index contributed by atoms with van der Waals surface area (Å²) >= 11 is 6.21. The number of ether oxygens (including phenoxy) is 1. The Morgan fingerprint density at radius 3 is 2.73 bits per heavy atom. The maximum atomic E-state index is 14.4. The van der Waals surface area contributed by atoms with E-state index in [1.54, 1.807) is 39.0 Å². The first-order chi connectivity index (χ1) is 19.4. The summed E-state index contributed by atoms with van der Waals surface area (Å²) in [5, 5.41) is 12.8. The topological polar surface area (TPSA) is 136 Å². The highest BCUT2D eigenvalue weighted by Crippen LogP contribution is 2.43. The maximum Gasteiger partial charge on any atom is 0.275 e. The second-order valence-corrected chi connectivity index (χ2v) is 11.5. The Balaban J connectivity index is 1.53. The van der Waals surface area contributed by atoms with Crippen LogP contribution in [0.2, 0.25) is 5.02 Å². The number of carbonyl (C=O) groups is 3. The summed E-state index contributed by atoms with van der Waals surface area (Å²) in [7, 11) is 0. The van der Waals surface area contributed by atoms with Gasteiger partial charge in [-0.1, -0.05) is 23.7 Å². The van der Waals surface area contributed by atoms with Crippen LogP contribution in [0.4, 0.5) is 4.39 Å². The molecule has 0 saturated carbocycles. The maximum absolute atomic E-state index is 14.4. The number of alkyl halides is 1. The molecule has 0 radical (unpaired) electrons. The molecule has 1 aromatic carbocycles. The number of hydrazine groups is 1. The van der Waals surface area contributed by atoms with Gasteiger partial charge in [-0.3, -0.25) is 19.8 Å². The summed E-state index contributed by atoms with van der Waals surface area (Å²) in [4.78, 5) is 44.9. The predicted octanol–water partition coefficient (Wildman–Crippen LogP) is 3.55. The lowest BCUT2D eigenvalue weighted by molar-refractivity contribution is -0.138. The molecule has 0 spiro atoms. The van der Waals surface area contributed by atoms with E-state index in [0.717, 1.165) is 5.56 Å². The fourth-order valence-corrected chi connectivity index (χ4v) is 5.54. The van der Waals surface area contributed by atoms with Gasteiger partial charge in [0.1, 0.15) is 24.2 Å². The second kappa shape index (κ2) is 12.4. The lowest BCUT2D eigenvalue weighted by Gasteiger charge is -2.38. The van der Waals surface area contributed by atoms with E-state index in [0.29, 0.717) is 35.7 Å². The molecule has 218 valence electrons. The van der Waals surface area contributed by atoms with E-state index in [4.69, 9.17) is 16.3 Å². The van der Waals surface area contributed by atoms with Crippen molar-refractivity contribution in [2.24, 2.45) is 5.41 Å². The quantitative estimate of drug-likeness (QED) is 0.431. The largest absolute Gasteiger partial charge is 0.479 e. The molecule has 10 nitrogen and oxygen atoms in total. The van der Waals surface area contributed by atoms with E-state index in [-0.39, 0.29) is 17.6 Å². The second-order valence-electron chi connectivity index (χ2n) is 11.1. The Hall–Kier alpha value is -3.75. The van der Waals surface area contributed by atoms with E-state index < -0.39 is 48.1 Å². The fraction of sp³-hybridized carbons (Fsp3) is 0.483. The normalized spacial score (nSPS) is 23.3. The standard InChI is InChI=1S/C29H34ClFN6O4/c1-16-12-24(27(39)36-35-16)41-23-10-8-20(33-17(23)2)26(38)34-21(14-31)28(40)37-22(18-6-5-7-19(30)13-18)9-11-25(37)29(3,4)15-32/h5-8,10,13,16,21-22,24-25,35H,9,11-12,14H2,1-4H3,(H,34,38)(H,36,39)/t16?,21-,22+,24?,25-/m1/s1. The first-order valence-corrected chi connectivity index (χ1v) is 13.9. The van der Waals surface area contributed by atoms with Gasteiger partial charge in [0.15, 0.2) is 6.10 Å². The van der Waals surface area contributed by atoms with Crippen molar-refractivity contribution in [1.82, 2.24) is 26.1 Å². The van der Waals surface area contributed by atoms with Gasteiger partial charge in [0.25, 0.3) is 11.8 Å². The van der Waals surface area contributed by atoms with Gasteiger partial charge in [0, 0.05) is 17.5 Å². The van der Waals surface area contributed by atoms with E-state index >= 15 is 0 Å². The number of likely N-dealkylation sites (tertiary alicyclic amines) is 1. The molecule has 3 amide bonds. The third-order valence-corrected chi connectivity index (χ3v) is 7.83. The highest BCUT2D eigenvalue weighted by atomic mass is 35.5. The van der Waals surface area contributed by atoms with Crippen molar-refractivity contribution in [3.8, 4) is 11.8 Å². The van der Waals surface area contributed by atoms with Crippen LogP contribution in [0.15, 0.2) is 36.4 Å². The van der Waals surface area contributed by atoms with Gasteiger partial charge in [-0.15, -0.1) is 0 Å². The highest BCUT2D eigenvalue weighted by molar-refractivity contribution is 6.30. The molecular formula is C29H34ClFN6O4. The number of rotatable bonds is 8. The van der Waals surface area contributed by atoms with Crippen LogP contribution in [0.25, 0.3) is 0 Å². The molecule has 4 rings (SSSR count). The molecule has 2 aliphatic heterocycles. The number of hydrogen-bond donors (Lipinski definition) is 3. The summed E-state index contributed by atoms with van der Waals surface area (Å²) in [5.74, 6) is -1.35. The molecule has 2 fully saturated rings. The lowest BCUT2D eigenvalue weighted by atomic mass is 9.84. The molecule has 3 heterocycles. The smallest absolute Gasteiger partial charge is 0.275 e. The zero-order valence-electron chi connectivity index (χ0n) is 23.4. The molecule has 2 aliphatic rings. The molecule has 0 aliphatic carbocycles. The Kier molecular flexibility index (Phi) is 9.14. The van der Waals surface area contributed by atoms with Gasteiger partial charge in [-0.2, -0.15) is 5.26 Å². The van der Waals surface area contributed by atoms with Crippen LogP contribution in [0.1, 0.15) is 67.8 Å². The monoisotopic (exact) mass is 584 g/mol. The summed E-state index contributed by atoms with van der Waals surface area (Å²) in [6.07, 6.45) is 0.819. The van der Waals surface area contributed by atoms with Crippen LogP contribution in [-0.2, 0) is 9.59 Å². The van der Waals surface area contributed by atoms with Crippen LogP contribution in [0.3, 0.4) is 0 Å². The highest BCUT2D eigenvalue weighted by Gasteiger charge is 2.47. The molecule has 1 aromatic heterocycles. The third-order valence-electron chi connectivity index (χ3n) is 7.59. The van der Waals surface area contributed by atoms with Gasteiger partial charge in [-0.25, -0.2) is 14.8 Å². The number of halogens is 2. The van der Waals surface area contributed by atoms with Gasteiger partial charge < -0.3 is 15.0 Å². The number of benzene rings is 1. The van der Waals surface area contributed by atoms with Crippen molar-refractivity contribution in [3.63, 3.8) is 0 Å². The number of nitrogens with one attached hydrogen (secondary N) is 3. The summed E-state index contributed by atoms with van der Waals surface area (Å²) < 4.78 is 20.2. The Morgan fingerprint density at radius 2 is 2.07 bits per heavy atom. The minimum Gasteiger partial charge on any atom is -0.479 e. The number of hydrogen-bond acceptors (Lipinski definition) is 7. The Bertz CT molecular complexity index is 1370. The number of aromatic nitrogens is 1. The van der Waals surface area contributed by atoms with Gasteiger partial charge >= 0.3 is 0 Å². The van der Waals surface area contributed by atoms with Crippen molar-refractivity contribution in [3.05, 3.63) is 58.4 Å². The predicted molar refractivity (Wildman–Crippen MR) is 149 cm³/mol. The van der Waals surface area contributed by atoms with Gasteiger partial charge in [-0.05, 0) is 70.4 Å². The Labute approximate surface area is 243 Å². The van der Waals surface area contributed by atoms with E-state index in [1.807, 2.05) is 13.0 Å². The number of pyridine rings is 1. The summed E-state index contributed by atoms with van der Waals surface area (Å²) in [6.45, 7) is 5.87. The SMILES string of the molecule is Cc1nc(C(=O)N[C@H](CF)C(=O)N2[C@H](c3cccc(Cl)c3)CC[C@@H]2C(C)(C)C#N)ccc1OC1CC(C)NNC1=O. The van der Waals surface area contributed by atoms with Crippen molar-refractivity contribution in [1.29, 1.82) is 5.26 Å². The van der Waals surface area contributed by atoms with E-state index in [2.05, 4.69) is 27.2 Å². The van der Waals surface area contributed by atoms with Crippen LogP contribution in [-0.4, -0.2) is 58.5 Å². The van der Waals surface area contributed by atoms with Crippen molar-refractivity contribution >= 4 is 29.3 Å². The zero-order chi connectivity index (χ0) is 29.9. The fourth-order valence-electron chi connectivity index (χ4n) is 5.34. The van der Waals surface area contributed by atoms with Gasteiger partial charge in [0.2, 0.25) is 5.91 Å². The minimum atomic E-state index is -1.49. The van der Waals surface area contributed by atoms with Gasteiger partial charge in [0.05, 0.1) is 29.3 Å². The van der Waals surface area contributed by atoms with Crippen LogP contribution < -0.4 is 20.9 Å². The first-order valence-electron chi connectivity index (χ1n) is 13.5. The first kappa shape index (κ1) is 30.2. The molecule has 41 heavy (non-hydrogen) atoms. The number of nitrogens with zero attached hydrogens (tertiary/aromatic N) is 3. The summed E-state index contributed by atoms with van der Waals surface area (Å²) in [6, 6.07) is 9.86. The number of nitriles is 1. The summed E-state index contributed by atoms with van der Waals surface area (Å²) in [5.41, 5.74) is 5.57. The Morgan fingerprint density at radius 1 is 1.32 bits per heavy atom. The minimum absolute atomic E-state index is 0.0126. The molecular weight excluding hydrogens is 551 g/mol. The number of aryl methyl sites for hydroxylation is 1. The van der Waals surface area contributed by atoms with Crippen molar-refractivity contribution < 1.29 is 23.5 Å². The van der Waals surface area contributed by atoms with E-state index in [9.17, 15) is 24.0 Å². The van der Waals surface area contributed by atoms with Crippen molar-refractivity contribution in [2.45, 2.75) is 77.2 Å². The number of carbonyl (C=O) groups excluding carboxylic acids is 3. The zero-order valence-corrected chi connectivity index (χ0v) is 24.2. The average Bonchev–Trinajstić information content (AvgIpc) is 3.40. The van der Waals surface area contributed by atoms with E-state index in [1.165, 1.54) is 17.0 Å². The third kappa shape index (κ3) is 6.60. The van der Waals surface area contributed by atoms with Crippen LogP contribution in [0.5, 0.6) is 5.75 Å². The molecule has 5 atom stereocenters. The average molecular weight is 585 g/mol. The molecule has 12 heteroatoms.